The topological polar surface area (TPSA) is 280 Å². The molecule has 14 heteroatoms. The molecule has 14 nitrogen and oxygen atoms in total. The summed E-state index contributed by atoms with van der Waals surface area (Å²) in [6, 6.07) is 4.33. The van der Waals surface area contributed by atoms with Gasteiger partial charge in [-0.25, -0.2) is 0 Å². The van der Waals surface area contributed by atoms with Crippen molar-refractivity contribution in [1.82, 2.24) is 4.98 Å². The second-order valence-corrected chi connectivity index (χ2v) is 6.59. The predicted octanol–water partition coefficient (Wildman–Crippen LogP) is -1.13. The Bertz CT molecular complexity index is 942. The highest BCUT2D eigenvalue weighted by atomic mass is 16.4. The number of aromatic nitrogens is 1. The van der Waals surface area contributed by atoms with Crippen molar-refractivity contribution in [1.29, 1.82) is 0 Å². The zero-order valence-corrected chi connectivity index (χ0v) is 17.2. The summed E-state index contributed by atoms with van der Waals surface area (Å²) in [4.78, 5) is 52.9. The Kier molecular flexibility index (Phi) is 12.4. The van der Waals surface area contributed by atoms with Gasteiger partial charge in [-0.2, -0.15) is 0 Å². The predicted molar refractivity (Wildman–Crippen MR) is 113 cm³/mol. The molecule has 0 saturated heterocycles. The maximum atomic E-state index is 10.6. The number of hydrogen-bond acceptors (Lipinski definition) is 8. The van der Waals surface area contributed by atoms with E-state index in [4.69, 9.17) is 42.7 Å². The van der Waals surface area contributed by atoms with Gasteiger partial charge in [-0.1, -0.05) is 18.2 Å². The molecule has 33 heavy (non-hydrogen) atoms. The average molecular weight is 470 g/mol. The van der Waals surface area contributed by atoms with Crippen LogP contribution in [0.5, 0.6) is 0 Å². The van der Waals surface area contributed by atoms with Crippen molar-refractivity contribution in [2.24, 2.45) is 17.2 Å². The fourth-order valence-electron chi connectivity index (χ4n) is 2.18. The minimum atomic E-state index is -1.29. The van der Waals surface area contributed by atoms with Gasteiger partial charge in [0, 0.05) is 23.5 Å². The molecule has 0 bridgehead atoms. The molecule has 0 spiro atoms. The Morgan fingerprint density at radius 1 is 0.727 bits per heavy atom. The van der Waals surface area contributed by atoms with E-state index in [2.05, 4.69) is 4.98 Å². The standard InChI is InChI=1S/C11H12N2O2.2C4H7NO4/c12-9(11(14)15)5-7-6-13-10-4-2-1-3-8(7)10;2*5-2(4(8)9)1-3(6)7/h1-4,6,9,13H,5,12H2,(H,14,15);2*2H,1,5H2,(H,6,7)(H,8,9)/t9-;2*2-/m000/s1. The van der Waals surface area contributed by atoms with E-state index in [9.17, 15) is 24.0 Å². The first-order chi connectivity index (χ1) is 15.3. The van der Waals surface area contributed by atoms with Crippen LogP contribution in [0.25, 0.3) is 10.9 Å². The van der Waals surface area contributed by atoms with E-state index >= 15 is 0 Å². The zero-order chi connectivity index (χ0) is 25.7. The number of H-pyrrole nitrogens is 1. The summed E-state index contributed by atoms with van der Waals surface area (Å²) < 4.78 is 0. The highest BCUT2D eigenvalue weighted by Crippen LogP contribution is 2.18. The van der Waals surface area contributed by atoms with Crippen LogP contribution in [0.15, 0.2) is 30.5 Å². The lowest BCUT2D eigenvalue weighted by Gasteiger charge is -2.04. The van der Waals surface area contributed by atoms with Crippen molar-refractivity contribution in [3.63, 3.8) is 0 Å². The summed E-state index contributed by atoms with van der Waals surface area (Å²) in [5, 5.41) is 41.8. The molecule has 0 unspecified atom stereocenters. The summed E-state index contributed by atoms with van der Waals surface area (Å²) in [7, 11) is 0. The lowest BCUT2D eigenvalue weighted by Crippen LogP contribution is -2.32. The van der Waals surface area contributed by atoms with E-state index in [0.717, 1.165) is 16.5 Å². The van der Waals surface area contributed by atoms with Crippen LogP contribution in [0.3, 0.4) is 0 Å². The Hall–Kier alpha value is -4.01. The number of fused-ring (bicyclic) bond motifs is 1. The van der Waals surface area contributed by atoms with Gasteiger partial charge in [0.1, 0.15) is 18.1 Å². The largest absolute Gasteiger partial charge is 0.481 e. The van der Waals surface area contributed by atoms with Crippen LogP contribution >= 0.6 is 0 Å². The van der Waals surface area contributed by atoms with E-state index in [1.54, 1.807) is 0 Å². The molecule has 0 aliphatic heterocycles. The van der Waals surface area contributed by atoms with Gasteiger partial charge in [0.2, 0.25) is 0 Å². The van der Waals surface area contributed by atoms with Crippen LogP contribution in [0.1, 0.15) is 18.4 Å². The fourth-order valence-corrected chi connectivity index (χ4v) is 2.18. The summed E-state index contributed by atoms with van der Waals surface area (Å²) in [5.74, 6) is -5.97. The molecule has 0 fully saturated rings. The molecule has 1 aromatic heterocycles. The first kappa shape index (κ1) is 29.0. The smallest absolute Gasteiger partial charge is 0.321 e. The first-order valence-corrected chi connectivity index (χ1v) is 9.19. The molecule has 1 heterocycles. The van der Waals surface area contributed by atoms with Crippen molar-refractivity contribution >= 4 is 40.7 Å². The molecule has 1 aromatic carbocycles. The third-order valence-electron chi connectivity index (χ3n) is 3.86. The van der Waals surface area contributed by atoms with Crippen LogP contribution in [-0.2, 0) is 30.4 Å². The minimum absolute atomic E-state index is 0.347. The number of carboxylic acid groups (broad SMARTS) is 5. The highest BCUT2D eigenvalue weighted by Gasteiger charge is 2.15. The van der Waals surface area contributed by atoms with Gasteiger partial charge in [-0.15, -0.1) is 0 Å². The molecule has 0 saturated carbocycles. The number of nitrogens with two attached hydrogens (primary N) is 3. The van der Waals surface area contributed by atoms with Crippen LogP contribution in [0.4, 0.5) is 0 Å². The van der Waals surface area contributed by atoms with Crippen molar-refractivity contribution in [3.05, 3.63) is 36.0 Å². The normalized spacial score (nSPS) is 12.7. The van der Waals surface area contributed by atoms with Crippen molar-refractivity contribution in [2.75, 3.05) is 0 Å². The lowest BCUT2D eigenvalue weighted by atomic mass is 10.1. The Morgan fingerprint density at radius 2 is 1.15 bits per heavy atom. The van der Waals surface area contributed by atoms with E-state index in [1.807, 2.05) is 30.5 Å². The van der Waals surface area contributed by atoms with Gasteiger partial charge in [-0.3, -0.25) is 24.0 Å². The van der Waals surface area contributed by atoms with E-state index < -0.39 is 60.8 Å². The summed E-state index contributed by atoms with van der Waals surface area (Å²) in [6.45, 7) is 0. The number of rotatable bonds is 9. The summed E-state index contributed by atoms with van der Waals surface area (Å²) in [6.07, 6.45) is 1.09. The SMILES string of the molecule is N[C@@H](CC(=O)O)C(=O)O.N[C@@H](CC(=O)O)C(=O)O.N[C@@H](Cc1c[nH]c2ccccc12)C(=O)O. The fraction of sp³-hybridized carbons (Fsp3) is 0.316. The Labute approximate surface area is 186 Å². The van der Waals surface area contributed by atoms with Gasteiger partial charge in [0.05, 0.1) is 12.8 Å². The van der Waals surface area contributed by atoms with Crippen LogP contribution < -0.4 is 17.2 Å². The average Bonchev–Trinajstić information content (AvgIpc) is 3.10. The monoisotopic (exact) mass is 470 g/mol. The molecule has 182 valence electrons. The van der Waals surface area contributed by atoms with Crippen LogP contribution in [0, 0.1) is 0 Å². The number of hydrogen-bond donors (Lipinski definition) is 9. The number of carbonyl (C=O) groups is 5. The number of aromatic amines is 1. The summed E-state index contributed by atoms with van der Waals surface area (Å²) >= 11 is 0. The second-order valence-electron chi connectivity index (χ2n) is 6.59. The van der Waals surface area contributed by atoms with Gasteiger partial charge < -0.3 is 47.7 Å². The highest BCUT2D eigenvalue weighted by molar-refractivity contribution is 5.84. The molecule has 2 aromatic rings. The Morgan fingerprint density at radius 3 is 1.52 bits per heavy atom. The molecule has 0 aliphatic carbocycles. The van der Waals surface area contributed by atoms with Gasteiger partial charge in [0.15, 0.2) is 0 Å². The number of para-hydroxylation sites is 1. The molecular weight excluding hydrogens is 444 g/mol. The van der Waals surface area contributed by atoms with Gasteiger partial charge in [-0.05, 0) is 11.6 Å². The quantitative estimate of drug-likeness (QED) is 0.210. The first-order valence-electron chi connectivity index (χ1n) is 9.19. The van der Waals surface area contributed by atoms with Crippen molar-refractivity contribution < 1.29 is 49.5 Å². The minimum Gasteiger partial charge on any atom is -0.481 e. The third-order valence-corrected chi connectivity index (χ3v) is 3.86. The Balaban J connectivity index is 0.000000498. The maximum absolute atomic E-state index is 10.6. The lowest BCUT2D eigenvalue weighted by molar-refractivity contribution is -0.144. The molecule has 2 rings (SSSR count). The zero-order valence-electron chi connectivity index (χ0n) is 17.2. The molecule has 12 N–H and O–H groups in total. The number of carboxylic acids is 5. The second kappa shape index (κ2) is 14.1. The molecule has 0 amide bonds. The van der Waals surface area contributed by atoms with E-state index in [1.165, 1.54) is 0 Å². The van der Waals surface area contributed by atoms with Gasteiger partial charge in [0.25, 0.3) is 0 Å². The number of benzene rings is 1. The van der Waals surface area contributed by atoms with Crippen LogP contribution in [-0.4, -0.2) is 78.5 Å². The van der Waals surface area contributed by atoms with E-state index in [-0.39, 0.29) is 0 Å². The van der Waals surface area contributed by atoms with Crippen molar-refractivity contribution in [3.8, 4) is 0 Å². The van der Waals surface area contributed by atoms with Crippen molar-refractivity contribution in [2.45, 2.75) is 37.4 Å². The number of nitrogens with one attached hydrogen (secondary N) is 1. The molecule has 0 aliphatic rings. The molecular formula is C19H26N4O10. The van der Waals surface area contributed by atoms with Gasteiger partial charge >= 0.3 is 29.8 Å². The van der Waals surface area contributed by atoms with E-state index in [0.29, 0.717) is 6.42 Å². The molecule has 3 atom stereocenters. The third kappa shape index (κ3) is 11.8. The maximum Gasteiger partial charge on any atom is 0.321 e. The summed E-state index contributed by atoms with van der Waals surface area (Å²) in [5.41, 5.74) is 17.1. The number of aliphatic carboxylic acids is 5. The molecule has 0 radical (unpaired) electrons. The van der Waals surface area contributed by atoms with Crippen LogP contribution in [0.2, 0.25) is 0 Å².